The normalized spacial score (nSPS) is 12.8. The third-order valence-electron chi connectivity index (χ3n) is 5.98. The van der Waals surface area contributed by atoms with Gasteiger partial charge in [-0.2, -0.15) is 39.5 Å². The van der Waals surface area contributed by atoms with E-state index >= 15 is 4.39 Å². The van der Waals surface area contributed by atoms with Gasteiger partial charge in [0.05, 0.1) is 16.8 Å². The first-order valence-corrected chi connectivity index (χ1v) is 11.1. The van der Waals surface area contributed by atoms with Crippen LogP contribution < -0.4 is 4.90 Å². The number of ketones is 1. The second-order valence-corrected chi connectivity index (χ2v) is 8.63. The Morgan fingerprint density at radius 2 is 1.32 bits per heavy atom. The Morgan fingerprint density at radius 3 is 1.83 bits per heavy atom. The van der Waals surface area contributed by atoms with Crippen LogP contribution in [0.2, 0.25) is 0 Å². The molecule has 0 N–H and O–H groups in total. The van der Waals surface area contributed by atoms with Crippen LogP contribution in [-0.4, -0.2) is 31.1 Å². The molecule has 3 nitrogen and oxygen atoms in total. The Kier molecular flexibility index (Phi) is 8.25. The molecule has 0 aliphatic rings. The molecule has 1 amide bonds. The number of hydrogen-bond acceptors (Lipinski definition) is 2. The van der Waals surface area contributed by atoms with Crippen LogP contribution in [0.5, 0.6) is 0 Å². The van der Waals surface area contributed by atoms with Crippen molar-refractivity contribution in [1.82, 2.24) is 0 Å². The van der Waals surface area contributed by atoms with Gasteiger partial charge >= 0.3 is 24.2 Å². The van der Waals surface area contributed by atoms with Crippen molar-refractivity contribution in [2.45, 2.75) is 30.6 Å². The molecule has 41 heavy (non-hydrogen) atoms. The lowest BCUT2D eigenvalue weighted by atomic mass is 9.89. The molecule has 3 rings (SSSR count). The zero-order valence-corrected chi connectivity index (χ0v) is 20.3. The molecule has 15 heteroatoms. The maximum Gasteiger partial charge on any atom is 0.435 e. The molecule has 0 aliphatic carbocycles. The summed E-state index contributed by atoms with van der Waals surface area (Å²) in [5.41, 5.74) is -13.4. The van der Waals surface area contributed by atoms with Crippen LogP contribution in [0.25, 0.3) is 0 Å². The Hall–Kier alpha value is -4.04. The van der Waals surface area contributed by atoms with E-state index in [-0.39, 0.29) is 17.7 Å². The molecule has 3 aromatic carbocycles. The van der Waals surface area contributed by atoms with Crippen molar-refractivity contribution in [3.63, 3.8) is 0 Å². The average Bonchev–Trinajstić information content (AvgIpc) is 2.86. The van der Waals surface area contributed by atoms with Gasteiger partial charge < -0.3 is 4.90 Å². The molecule has 220 valence electrons. The molecule has 0 atom stereocenters. The first-order valence-electron chi connectivity index (χ1n) is 11.1. The van der Waals surface area contributed by atoms with Crippen molar-refractivity contribution in [3.8, 4) is 0 Å². The molecule has 3 aromatic rings. The molecule has 0 saturated carbocycles. The summed E-state index contributed by atoms with van der Waals surface area (Å²) in [5.74, 6) is -4.34. The van der Waals surface area contributed by atoms with Crippen molar-refractivity contribution in [1.29, 1.82) is 0 Å². The quantitative estimate of drug-likeness (QED) is 0.212. The van der Waals surface area contributed by atoms with E-state index in [1.165, 1.54) is 0 Å². The van der Waals surface area contributed by atoms with Crippen LogP contribution in [0.1, 0.15) is 37.4 Å². The Labute approximate surface area is 223 Å². The Balaban J connectivity index is 2.02. The standard InChI is InChI=1S/C26H15F12NO2/c1-39(22(41)13-6-9-16(27)10-7-13)19-4-2-3-17(21(19)28)20(40)11-14-5-8-15(12-18(14)24(30,31)32)23(29,25(33,34)35)26(36,37)38/h2-10,12H,11H2,1H3. The number of anilines is 1. The van der Waals surface area contributed by atoms with Crippen LogP contribution in [0.15, 0.2) is 60.7 Å². The molecule has 0 heterocycles. The number of carbonyl (C=O) groups is 2. The van der Waals surface area contributed by atoms with Crippen molar-refractivity contribution >= 4 is 17.4 Å². The highest BCUT2D eigenvalue weighted by molar-refractivity contribution is 6.07. The van der Waals surface area contributed by atoms with Gasteiger partial charge in [0.2, 0.25) is 0 Å². The van der Waals surface area contributed by atoms with Crippen molar-refractivity contribution in [2.75, 3.05) is 11.9 Å². The molecule has 0 aromatic heterocycles. The second kappa shape index (κ2) is 10.7. The number of rotatable bonds is 6. The average molecular weight is 601 g/mol. The third kappa shape index (κ3) is 6.03. The molecular weight excluding hydrogens is 586 g/mol. The molecule has 0 fully saturated rings. The van der Waals surface area contributed by atoms with E-state index in [1.54, 1.807) is 0 Å². The van der Waals surface area contributed by atoms with Crippen molar-refractivity contribution < 1.29 is 62.3 Å². The third-order valence-corrected chi connectivity index (χ3v) is 5.98. The maximum absolute atomic E-state index is 15.2. The molecule has 0 bridgehead atoms. The van der Waals surface area contributed by atoms with E-state index in [1.807, 2.05) is 0 Å². The summed E-state index contributed by atoms with van der Waals surface area (Å²) in [7, 11) is 1.07. The van der Waals surface area contributed by atoms with Gasteiger partial charge in [0.25, 0.3) is 5.91 Å². The molecule has 0 radical (unpaired) electrons. The van der Waals surface area contributed by atoms with Crippen LogP contribution in [0.3, 0.4) is 0 Å². The van der Waals surface area contributed by atoms with Gasteiger partial charge in [0.1, 0.15) is 5.82 Å². The highest BCUT2D eigenvalue weighted by atomic mass is 19.4. The highest BCUT2D eigenvalue weighted by Gasteiger charge is 2.73. The van der Waals surface area contributed by atoms with E-state index < -0.39 is 88.0 Å². The molecular formula is C26H15F12NO2. The van der Waals surface area contributed by atoms with Crippen molar-refractivity contribution in [3.05, 3.63) is 100 Å². The lowest BCUT2D eigenvalue weighted by Crippen LogP contribution is -2.50. The summed E-state index contributed by atoms with van der Waals surface area (Å²) in [6.07, 6.45) is -20.4. The van der Waals surface area contributed by atoms with Crippen molar-refractivity contribution in [2.24, 2.45) is 0 Å². The van der Waals surface area contributed by atoms with Gasteiger partial charge in [0.15, 0.2) is 11.6 Å². The van der Waals surface area contributed by atoms with Crippen LogP contribution in [0, 0.1) is 11.6 Å². The summed E-state index contributed by atoms with van der Waals surface area (Å²) < 4.78 is 162. The monoisotopic (exact) mass is 601 g/mol. The fraction of sp³-hybridized carbons (Fsp3) is 0.231. The largest absolute Gasteiger partial charge is 0.435 e. The van der Waals surface area contributed by atoms with Gasteiger partial charge in [-0.3, -0.25) is 9.59 Å². The minimum Gasteiger partial charge on any atom is -0.309 e. The minimum absolute atomic E-state index is 0.0633. The minimum atomic E-state index is -6.69. The summed E-state index contributed by atoms with van der Waals surface area (Å²) >= 11 is 0. The molecule has 0 unspecified atom stereocenters. The SMILES string of the molecule is CN(C(=O)c1ccc(F)cc1)c1cccc(C(=O)Cc2ccc(C(F)(C(F)(F)F)C(F)(F)F)cc2C(F)(F)F)c1F. The van der Waals surface area contributed by atoms with Gasteiger partial charge in [0, 0.05) is 24.6 Å². The highest BCUT2D eigenvalue weighted by Crippen LogP contribution is 2.54. The number of benzene rings is 3. The summed E-state index contributed by atoms with van der Waals surface area (Å²) in [6, 6.07) is 6.10. The predicted molar refractivity (Wildman–Crippen MR) is 120 cm³/mol. The molecule has 0 aliphatic heterocycles. The lowest BCUT2D eigenvalue weighted by molar-refractivity contribution is -0.348. The number of alkyl halides is 10. The molecule has 0 spiro atoms. The van der Waals surface area contributed by atoms with E-state index in [0.717, 1.165) is 49.5 Å². The zero-order chi connectivity index (χ0) is 31.1. The Bertz CT molecular complexity index is 1440. The number of carbonyl (C=O) groups excluding carboxylic acids is 2. The van der Waals surface area contributed by atoms with Crippen LogP contribution >= 0.6 is 0 Å². The van der Waals surface area contributed by atoms with E-state index in [4.69, 9.17) is 0 Å². The van der Waals surface area contributed by atoms with E-state index in [0.29, 0.717) is 4.90 Å². The first-order chi connectivity index (χ1) is 18.7. The molecule has 0 saturated heterocycles. The number of hydrogen-bond donors (Lipinski definition) is 0. The van der Waals surface area contributed by atoms with Crippen LogP contribution in [0.4, 0.5) is 58.4 Å². The van der Waals surface area contributed by atoms with Crippen LogP contribution in [-0.2, 0) is 18.3 Å². The fourth-order valence-corrected chi connectivity index (χ4v) is 3.85. The number of halogens is 12. The number of nitrogens with zero attached hydrogens (tertiary/aromatic N) is 1. The van der Waals surface area contributed by atoms with Gasteiger partial charge in [-0.1, -0.05) is 18.2 Å². The predicted octanol–water partition coefficient (Wildman–Crippen LogP) is 7.98. The lowest BCUT2D eigenvalue weighted by Gasteiger charge is -2.31. The van der Waals surface area contributed by atoms with E-state index in [2.05, 4.69) is 0 Å². The van der Waals surface area contributed by atoms with Gasteiger partial charge in [-0.15, -0.1) is 0 Å². The van der Waals surface area contributed by atoms with Gasteiger partial charge in [-0.05, 0) is 48.0 Å². The number of Topliss-reactive ketones (excluding diaryl/α,β-unsaturated/α-hetero) is 1. The smallest absolute Gasteiger partial charge is 0.309 e. The maximum atomic E-state index is 15.2. The summed E-state index contributed by atoms with van der Waals surface area (Å²) in [5, 5.41) is 0. The first kappa shape index (κ1) is 31.5. The van der Waals surface area contributed by atoms with Gasteiger partial charge in [-0.25, -0.2) is 13.2 Å². The topological polar surface area (TPSA) is 37.4 Å². The number of amides is 1. The summed E-state index contributed by atoms with van der Waals surface area (Å²) in [6.45, 7) is 0. The summed E-state index contributed by atoms with van der Waals surface area (Å²) in [4.78, 5) is 26.1. The van der Waals surface area contributed by atoms with E-state index in [9.17, 15) is 57.9 Å². The zero-order valence-electron chi connectivity index (χ0n) is 20.3. The fourth-order valence-electron chi connectivity index (χ4n) is 3.85. The Morgan fingerprint density at radius 1 is 0.756 bits per heavy atom. The second-order valence-electron chi connectivity index (χ2n) is 8.63.